The second-order valence-electron chi connectivity index (χ2n) is 8.00. The molecule has 0 unspecified atom stereocenters. The Morgan fingerprint density at radius 2 is 1.92 bits per heavy atom. The molecule has 1 N–H and O–H groups in total. The van der Waals surface area contributed by atoms with Crippen molar-refractivity contribution in [2.45, 2.75) is 51.4 Å². The number of likely N-dealkylation sites (tertiary alicyclic amines) is 1. The summed E-state index contributed by atoms with van der Waals surface area (Å²) in [6.07, 6.45) is 6.02. The Morgan fingerprint density at radius 3 is 2.62 bits per heavy atom. The first-order valence-electron chi connectivity index (χ1n) is 10.2. The van der Waals surface area contributed by atoms with Crippen LogP contribution in [0.1, 0.15) is 50.7 Å². The molecular formula is C24H33NO. The normalized spacial score (nSPS) is 23.8. The third-order valence-electron chi connectivity index (χ3n) is 6.31. The molecule has 1 fully saturated rings. The number of hydrogen-bond donors (Lipinski definition) is 1. The third kappa shape index (κ3) is 4.29. The highest BCUT2D eigenvalue weighted by molar-refractivity contribution is 5.34. The quantitative estimate of drug-likeness (QED) is 0.721. The van der Waals surface area contributed by atoms with Gasteiger partial charge in [0.25, 0.3) is 0 Å². The van der Waals surface area contributed by atoms with Crippen molar-refractivity contribution in [2.75, 3.05) is 19.6 Å². The van der Waals surface area contributed by atoms with Gasteiger partial charge < -0.3 is 10.0 Å². The van der Waals surface area contributed by atoms with Crippen molar-refractivity contribution in [1.29, 1.82) is 0 Å². The van der Waals surface area contributed by atoms with Crippen LogP contribution in [0.15, 0.2) is 54.6 Å². The Hall–Kier alpha value is -1.80. The van der Waals surface area contributed by atoms with Crippen molar-refractivity contribution >= 4 is 0 Å². The number of aromatic hydroxyl groups is 1. The first-order chi connectivity index (χ1) is 12.6. The van der Waals surface area contributed by atoms with Gasteiger partial charge >= 0.3 is 0 Å². The van der Waals surface area contributed by atoms with E-state index in [0.717, 1.165) is 26.1 Å². The van der Waals surface area contributed by atoms with E-state index < -0.39 is 0 Å². The van der Waals surface area contributed by atoms with Crippen molar-refractivity contribution < 1.29 is 5.11 Å². The Kier molecular flexibility index (Phi) is 6.37. The van der Waals surface area contributed by atoms with Crippen LogP contribution in [-0.4, -0.2) is 29.6 Å². The number of benzene rings is 2. The molecule has 1 heterocycles. The van der Waals surface area contributed by atoms with Gasteiger partial charge in [-0.25, -0.2) is 0 Å². The molecule has 3 rings (SSSR count). The van der Waals surface area contributed by atoms with Crippen LogP contribution < -0.4 is 0 Å². The highest BCUT2D eigenvalue weighted by Gasteiger charge is 2.41. The maximum absolute atomic E-state index is 10.0. The van der Waals surface area contributed by atoms with Crippen molar-refractivity contribution in [1.82, 2.24) is 4.90 Å². The largest absolute Gasteiger partial charge is 0.508 e. The summed E-state index contributed by atoms with van der Waals surface area (Å²) in [5.74, 6) is 0.998. The summed E-state index contributed by atoms with van der Waals surface area (Å²) < 4.78 is 0. The minimum atomic E-state index is 0.206. The van der Waals surface area contributed by atoms with Gasteiger partial charge in [0.2, 0.25) is 0 Å². The molecule has 2 aromatic carbocycles. The minimum Gasteiger partial charge on any atom is -0.508 e. The van der Waals surface area contributed by atoms with E-state index in [9.17, 15) is 5.11 Å². The lowest BCUT2D eigenvalue weighted by Gasteiger charge is -2.47. The lowest BCUT2D eigenvalue weighted by Crippen LogP contribution is -2.49. The number of phenolic OH excluding ortho intramolecular Hbond substituents is 1. The Balaban J connectivity index is 1.70. The van der Waals surface area contributed by atoms with Gasteiger partial charge in [-0.1, -0.05) is 69.2 Å². The summed E-state index contributed by atoms with van der Waals surface area (Å²) >= 11 is 0. The van der Waals surface area contributed by atoms with Crippen molar-refractivity contribution in [2.24, 2.45) is 5.92 Å². The maximum Gasteiger partial charge on any atom is 0.115 e. The summed E-state index contributed by atoms with van der Waals surface area (Å²) in [7, 11) is 0. The molecule has 0 saturated carbocycles. The molecule has 0 radical (unpaired) electrons. The van der Waals surface area contributed by atoms with Crippen molar-refractivity contribution in [3.63, 3.8) is 0 Å². The number of hydrogen-bond acceptors (Lipinski definition) is 2. The van der Waals surface area contributed by atoms with Crippen LogP contribution in [0.25, 0.3) is 0 Å². The van der Waals surface area contributed by atoms with E-state index in [1.807, 2.05) is 12.1 Å². The molecule has 2 aromatic rings. The van der Waals surface area contributed by atoms with Crippen LogP contribution in [0.5, 0.6) is 5.75 Å². The Morgan fingerprint density at radius 1 is 1.12 bits per heavy atom. The fraction of sp³-hybridized carbons (Fsp3) is 0.500. The van der Waals surface area contributed by atoms with Gasteiger partial charge in [-0.05, 0) is 55.0 Å². The van der Waals surface area contributed by atoms with E-state index in [0.29, 0.717) is 11.7 Å². The van der Waals surface area contributed by atoms with Crippen LogP contribution in [0.4, 0.5) is 0 Å². The summed E-state index contributed by atoms with van der Waals surface area (Å²) in [4.78, 5) is 2.63. The second kappa shape index (κ2) is 8.73. The van der Waals surface area contributed by atoms with E-state index >= 15 is 0 Å². The van der Waals surface area contributed by atoms with Gasteiger partial charge in [-0.2, -0.15) is 0 Å². The summed E-state index contributed by atoms with van der Waals surface area (Å²) in [5.41, 5.74) is 2.97. The zero-order valence-electron chi connectivity index (χ0n) is 16.3. The van der Waals surface area contributed by atoms with Crippen LogP contribution >= 0.6 is 0 Å². The number of nitrogens with zero attached hydrogens (tertiary/aromatic N) is 1. The molecule has 2 atom stereocenters. The van der Waals surface area contributed by atoms with Crippen molar-refractivity contribution in [3.8, 4) is 5.75 Å². The van der Waals surface area contributed by atoms with E-state index in [1.165, 1.54) is 36.8 Å². The molecule has 0 aliphatic carbocycles. The van der Waals surface area contributed by atoms with Gasteiger partial charge in [0, 0.05) is 18.5 Å². The first-order valence-corrected chi connectivity index (χ1v) is 10.2. The molecule has 26 heavy (non-hydrogen) atoms. The van der Waals surface area contributed by atoms with E-state index in [-0.39, 0.29) is 5.41 Å². The monoisotopic (exact) mass is 351 g/mol. The summed E-state index contributed by atoms with van der Waals surface area (Å²) in [6, 6.07) is 18.8. The third-order valence-corrected chi connectivity index (χ3v) is 6.31. The molecule has 1 aliphatic rings. The predicted octanol–water partition coefficient (Wildman–Crippen LogP) is 5.40. The highest BCUT2D eigenvalue weighted by atomic mass is 16.3. The molecule has 2 nitrogen and oxygen atoms in total. The zero-order chi connectivity index (χ0) is 18.4. The predicted molar refractivity (Wildman–Crippen MR) is 110 cm³/mol. The molecule has 1 saturated heterocycles. The summed E-state index contributed by atoms with van der Waals surface area (Å²) in [6.45, 7) is 8.12. The molecule has 0 aromatic heterocycles. The smallest absolute Gasteiger partial charge is 0.115 e. The number of phenols is 1. The first kappa shape index (κ1) is 19.0. The van der Waals surface area contributed by atoms with Crippen molar-refractivity contribution in [3.05, 3.63) is 65.7 Å². The lowest BCUT2D eigenvalue weighted by atomic mass is 9.64. The van der Waals surface area contributed by atoms with Crippen LogP contribution in [0, 0.1) is 5.92 Å². The fourth-order valence-electron chi connectivity index (χ4n) is 4.64. The minimum absolute atomic E-state index is 0.206. The average molecular weight is 352 g/mol. The van der Waals surface area contributed by atoms with E-state index in [2.05, 4.69) is 55.1 Å². The van der Waals surface area contributed by atoms with Crippen LogP contribution in [0.3, 0.4) is 0 Å². The SMILES string of the molecule is CCCC[C@@]1(c2cccc(O)c2)CCN(CCc2ccccc2)C[C@H]1C. The molecular weight excluding hydrogens is 318 g/mol. The van der Waals surface area contributed by atoms with Gasteiger partial charge in [0.15, 0.2) is 0 Å². The van der Waals surface area contributed by atoms with E-state index in [4.69, 9.17) is 0 Å². The lowest BCUT2D eigenvalue weighted by molar-refractivity contribution is 0.0925. The highest BCUT2D eigenvalue weighted by Crippen LogP contribution is 2.44. The van der Waals surface area contributed by atoms with Gasteiger partial charge in [0.05, 0.1) is 0 Å². The van der Waals surface area contributed by atoms with Gasteiger partial charge in [-0.15, -0.1) is 0 Å². The molecule has 2 heteroatoms. The summed E-state index contributed by atoms with van der Waals surface area (Å²) in [5, 5.41) is 10.0. The van der Waals surface area contributed by atoms with Crippen LogP contribution in [-0.2, 0) is 11.8 Å². The fourth-order valence-corrected chi connectivity index (χ4v) is 4.64. The molecule has 140 valence electrons. The Bertz CT molecular complexity index is 684. The maximum atomic E-state index is 10.0. The van der Waals surface area contributed by atoms with Gasteiger partial charge in [0.1, 0.15) is 5.75 Å². The molecule has 0 amide bonds. The van der Waals surface area contributed by atoms with Crippen LogP contribution in [0.2, 0.25) is 0 Å². The zero-order valence-corrected chi connectivity index (χ0v) is 16.3. The number of unbranched alkanes of at least 4 members (excludes halogenated alkanes) is 1. The number of piperidine rings is 1. The molecule has 0 spiro atoms. The second-order valence-corrected chi connectivity index (χ2v) is 8.00. The number of rotatable bonds is 7. The molecule has 1 aliphatic heterocycles. The van der Waals surface area contributed by atoms with E-state index in [1.54, 1.807) is 6.07 Å². The molecule has 0 bridgehead atoms. The Labute approximate surface area is 158 Å². The van der Waals surface area contributed by atoms with Gasteiger partial charge in [-0.3, -0.25) is 0 Å². The topological polar surface area (TPSA) is 23.5 Å². The average Bonchev–Trinajstić information content (AvgIpc) is 2.67. The standard InChI is InChI=1S/C24H33NO/c1-3-4-14-24(22-11-8-12-23(26)18-22)15-17-25(19-20(24)2)16-13-21-9-6-5-7-10-21/h5-12,18,20,26H,3-4,13-17,19H2,1-2H3/t20-,24-/m1/s1.